The van der Waals surface area contributed by atoms with Gasteiger partial charge in [0.2, 0.25) is 0 Å². The lowest BCUT2D eigenvalue weighted by molar-refractivity contribution is 0.112. The van der Waals surface area contributed by atoms with Gasteiger partial charge in [-0.15, -0.1) is 0 Å². The summed E-state index contributed by atoms with van der Waals surface area (Å²) in [4.78, 5) is 11.0. The number of hydrogen-bond donors (Lipinski definition) is 1. The summed E-state index contributed by atoms with van der Waals surface area (Å²) in [5.41, 5.74) is 0.418. The third-order valence-electron chi connectivity index (χ3n) is 2.23. The van der Waals surface area contributed by atoms with E-state index in [1.807, 2.05) is 0 Å². The standard InChI is InChI=1S/C11H6O3S/c12-6-7-5-10(15-14)11(13)9-4-2-1-3-8(7)9/h1-6H/p+1. The molecule has 0 unspecified atom stereocenters. The van der Waals surface area contributed by atoms with Crippen molar-refractivity contribution in [1.29, 1.82) is 0 Å². The molecule has 0 saturated heterocycles. The van der Waals surface area contributed by atoms with Crippen LogP contribution >= 0.6 is 0 Å². The van der Waals surface area contributed by atoms with Gasteiger partial charge in [-0.1, -0.05) is 24.3 Å². The normalized spacial score (nSPS) is 10.1. The van der Waals surface area contributed by atoms with Gasteiger partial charge in [0.1, 0.15) is 0 Å². The molecule has 0 fully saturated rings. The van der Waals surface area contributed by atoms with E-state index in [1.54, 1.807) is 24.3 Å². The molecule has 4 heteroatoms. The van der Waals surface area contributed by atoms with Crippen LogP contribution in [-0.4, -0.2) is 11.4 Å². The van der Waals surface area contributed by atoms with Crippen LogP contribution in [0.15, 0.2) is 35.2 Å². The lowest BCUT2D eigenvalue weighted by Gasteiger charge is -2.00. The third-order valence-corrected chi connectivity index (χ3v) is 2.72. The van der Waals surface area contributed by atoms with Gasteiger partial charge in [-0.2, -0.15) is 0 Å². The number of aldehydes is 1. The van der Waals surface area contributed by atoms with E-state index in [-0.39, 0.29) is 22.3 Å². The number of carbonyl (C=O) groups is 1. The van der Waals surface area contributed by atoms with Crippen LogP contribution in [0.3, 0.4) is 0 Å². The van der Waals surface area contributed by atoms with Crippen molar-refractivity contribution in [2.75, 3.05) is 0 Å². The molecule has 2 aromatic rings. The third kappa shape index (κ3) is 1.49. The highest BCUT2D eigenvalue weighted by Crippen LogP contribution is 2.31. The molecule has 0 atom stereocenters. The molecule has 0 radical (unpaired) electrons. The number of aromatic hydroxyl groups is 1. The first-order valence-electron chi connectivity index (χ1n) is 4.27. The van der Waals surface area contributed by atoms with Crippen LogP contribution in [0.1, 0.15) is 10.4 Å². The van der Waals surface area contributed by atoms with Gasteiger partial charge in [0.15, 0.2) is 12.0 Å². The maximum Gasteiger partial charge on any atom is 0.509 e. The Labute approximate surface area is 89.8 Å². The summed E-state index contributed by atoms with van der Waals surface area (Å²) in [7, 11) is 0. The van der Waals surface area contributed by atoms with Crippen LogP contribution in [0.2, 0.25) is 0 Å². The van der Waals surface area contributed by atoms with Crippen LogP contribution in [0.5, 0.6) is 5.75 Å². The van der Waals surface area contributed by atoms with Gasteiger partial charge >= 0.3 is 16.6 Å². The maximum atomic E-state index is 10.8. The molecular formula is C11H7O3S+. The van der Waals surface area contributed by atoms with E-state index in [0.29, 0.717) is 22.6 Å². The lowest BCUT2D eigenvalue weighted by atomic mass is 10.0. The molecule has 0 heterocycles. The zero-order valence-corrected chi connectivity index (χ0v) is 8.45. The highest BCUT2D eigenvalue weighted by molar-refractivity contribution is 7.65. The molecular weight excluding hydrogens is 212 g/mol. The second kappa shape index (κ2) is 3.74. The van der Waals surface area contributed by atoms with Gasteiger partial charge in [-0.25, -0.2) is 0 Å². The van der Waals surface area contributed by atoms with Crippen molar-refractivity contribution in [2.24, 2.45) is 0 Å². The van der Waals surface area contributed by atoms with Gasteiger partial charge in [0, 0.05) is 21.2 Å². The van der Waals surface area contributed by atoms with Crippen molar-refractivity contribution >= 4 is 28.7 Å². The maximum absolute atomic E-state index is 10.8. The van der Waals surface area contributed by atoms with Gasteiger partial charge in [-0.3, -0.25) is 4.79 Å². The van der Waals surface area contributed by atoms with Crippen LogP contribution < -0.4 is 0 Å². The van der Waals surface area contributed by atoms with E-state index in [0.717, 1.165) is 0 Å². The number of carbonyl (C=O) groups excluding carboxylic acids is 1. The summed E-state index contributed by atoms with van der Waals surface area (Å²) in [5.74, 6) is -0.0591. The molecule has 0 saturated carbocycles. The van der Waals surface area contributed by atoms with Gasteiger partial charge in [-0.05, 0) is 5.39 Å². The molecule has 3 nitrogen and oxygen atoms in total. The van der Waals surface area contributed by atoms with E-state index >= 15 is 0 Å². The molecule has 0 bridgehead atoms. The van der Waals surface area contributed by atoms with Crippen LogP contribution in [0, 0.1) is 0 Å². The number of phenols is 1. The summed E-state index contributed by atoms with van der Waals surface area (Å²) in [6, 6.07) is 8.34. The molecule has 2 aromatic carbocycles. The Hall–Kier alpha value is -1.81. The van der Waals surface area contributed by atoms with Gasteiger partial charge < -0.3 is 5.11 Å². The fraction of sp³-hybridized carbons (Fsp3) is 0. The highest BCUT2D eigenvalue weighted by atomic mass is 32.1. The molecule has 1 N–H and O–H groups in total. The Morgan fingerprint density at radius 1 is 1.20 bits per heavy atom. The van der Waals surface area contributed by atoms with Crippen molar-refractivity contribution in [3.63, 3.8) is 0 Å². The molecule has 0 amide bonds. The number of phenolic OH excluding ortho intramolecular Hbond substituents is 1. The summed E-state index contributed by atoms with van der Waals surface area (Å²) in [6.07, 6.45) is 0.682. The topological polar surface area (TPSA) is 54.4 Å². The zero-order chi connectivity index (χ0) is 10.8. The first-order chi connectivity index (χ1) is 7.27. The highest BCUT2D eigenvalue weighted by Gasteiger charge is 2.19. The first-order valence-corrected chi connectivity index (χ1v) is 5.02. The molecule has 0 spiro atoms. The number of benzene rings is 2. The summed E-state index contributed by atoms with van der Waals surface area (Å²) >= 11 is 0.181. The van der Waals surface area contributed by atoms with Gasteiger partial charge in [0.25, 0.3) is 0 Å². The SMILES string of the molecule is O=Cc1cc([S+]=O)c(O)c2ccccc12. The Bertz CT molecular complexity index is 549. The van der Waals surface area contributed by atoms with Crippen LogP contribution in [0.4, 0.5) is 0 Å². The fourth-order valence-electron chi connectivity index (χ4n) is 1.52. The summed E-state index contributed by atoms with van der Waals surface area (Å²) < 4.78 is 10.7. The lowest BCUT2D eigenvalue weighted by Crippen LogP contribution is -1.87. The first kappa shape index (κ1) is 9.73. The quantitative estimate of drug-likeness (QED) is 0.622. The Morgan fingerprint density at radius 3 is 2.47 bits per heavy atom. The van der Waals surface area contributed by atoms with Crippen molar-refractivity contribution in [3.05, 3.63) is 35.9 Å². The van der Waals surface area contributed by atoms with Crippen LogP contribution in [-0.2, 0) is 15.9 Å². The smallest absolute Gasteiger partial charge is 0.502 e. The average molecular weight is 219 g/mol. The molecule has 0 aliphatic carbocycles. The molecule has 74 valence electrons. The largest absolute Gasteiger partial charge is 0.509 e. The minimum absolute atomic E-state index is 0.0591. The summed E-state index contributed by atoms with van der Waals surface area (Å²) in [6.45, 7) is 0. The second-order valence-corrected chi connectivity index (χ2v) is 3.67. The van der Waals surface area contributed by atoms with Crippen molar-refractivity contribution in [2.45, 2.75) is 4.90 Å². The van der Waals surface area contributed by atoms with Crippen molar-refractivity contribution in [1.82, 2.24) is 0 Å². The summed E-state index contributed by atoms with van der Waals surface area (Å²) in [5, 5.41) is 10.9. The predicted molar refractivity (Wildman–Crippen MR) is 57.3 cm³/mol. The van der Waals surface area contributed by atoms with E-state index < -0.39 is 0 Å². The Morgan fingerprint density at radius 2 is 1.87 bits per heavy atom. The van der Waals surface area contributed by atoms with Crippen molar-refractivity contribution in [3.8, 4) is 5.75 Å². The minimum atomic E-state index is -0.0591. The van der Waals surface area contributed by atoms with Crippen LogP contribution in [0.25, 0.3) is 10.8 Å². The Kier molecular flexibility index (Phi) is 2.43. The van der Waals surface area contributed by atoms with E-state index in [9.17, 15) is 14.1 Å². The van der Waals surface area contributed by atoms with Gasteiger partial charge in [0.05, 0.1) is 0 Å². The minimum Gasteiger partial charge on any atom is -0.502 e. The van der Waals surface area contributed by atoms with E-state index in [4.69, 9.17) is 0 Å². The number of fused-ring (bicyclic) bond motifs is 1. The monoisotopic (exact) mass is 219 g/mol. The van der Waals surface area contributed by atoms with Crippen molar-refractivity contribution < 1.29 is 14.1 Å². The van der Waals surface area contributed by atoms with E-state index in [1.165, 1.54) is 6.07 Å². The molecule has 15 heavy (non-hydrogen) atoms. The molecule has 0 aliphatic rings. The molecule has 2 rings (SSSR count). The zero-order valence-electron chi connectivity index (χ0n) is 7.64. The predicted octanol–water partition coefficient (Wildman–Crippen LogP) is 2.14. The Balaban J connectivity index is 2.96. The second-order valence-electron chi connectivity index (χ2n) is 3.06. The van der Waals surface area contributed by atoms with E-state index in [2.05, 4.69) is 0 Å². The number of rotatable bonds is 2. The molecule has 0 aromatic heterocycles. The molecule has 0 aliphatic heterocycles. The fourth-order valence-corrected chi connectivity index (χ4v) is 1.89. The number of hydrogen-bond acceptors (Lipinski definition) is 3. The average Bonchev–Trinajstić information content (AvgIpc) is 2.30.